The van der Waals surface area contributed by atoms with Crippen LogP contribution in [0.4, 0.5) is 0 Å². The molecule has 1 amide bonds. The molecule has 0 radical (unpaired) electrons. The number of cyclic esters (lactones) is 1. The number of esters is 1. The maximum absolute atomic E-state index is 10.6. The molecule has 1 N–H and O–H groups in total. The Morgan fingerprint density at radius 2 is 2.20 bits per heavy atom. The van der Waals surface area contributed by atoms with E-state index < -0.39 is 17.6 Å². The molecular formula is C6H9NO3. The number of rotatable bonds is 1. The van der Waals surface area contributed by atoms with E-state index in [4.69, 9.17) is 4.74 Å². The smallest absolute Gasteiger partial charge is 0.399 e. The van der Waals surface area contributed by atoms with E-state index in [-0.39, 0.29) is 0 Å². The summed E-state index contributed by atoms with van der Waals surface area (Å²) in [5.74, 6) is -1.44. The number of carbonyl (C=O) groups is 2. The SMILES string of the molecule is CCC1(C)NC(=O)C(=O)O1. The van der Waals surface area contributed by atoms with Crippen LogP contribution in [0.5, 0.6) is 0 Å². The molecule has 0 aromatic heterocycles. The topological polar surface area (TPSA) is 55.4 Å². The minimum absolute atomic E-state index is 0.588. The third-order valence-corrected chi connectivity index (χ3v) is 1.56. The Balaban J connectivity index is 2.73. The van der Waals surface area contributed by atoms with Crippen LogP contribution >= 0.6 is 0 Å². The Morgan fingerprint density at radius 1 is 1.60 bits per heavy atom. The quantitative estimate of drug-likeness (QED) is 0.408. The first-order valence-electron chi connectivity index (χ1n) is 3.13. The zero-order valence-electron chi connectivity index (χ0n) is 5.93. The van der Waals surface area contributed by atoms with Crippen LogP contribution < -0.4 is 5.32 Å². The van der Waals surface area contributed by atoms with Gasteiger partial charge in [-0.3, -0.25) is 4.79 Å². The van der Waals surface area contributed by atoms with E-state index in [1.807, 2.05) is 6.92 Å². The summed E-state index contributed by atoms with van der Waals surface area (Å²) in [5.41, 5.74) is -0.770. The minimum atomic E-state index is -0.788. The van der Waals surface area contributed by atoms with Crippen molar-refractivity contribution in [2.75, 3.05) is 0 Å². The van der Waals surface area contributed by atoms with E-state index in [0.29, 0.717) is 6.42 Å². The average molecular weight is 143 g/mol. The lowest BCUT2D eigenvalue weighted by atomic mass is 10.2. The second-order valence-electron chi connectivity index (χ2n) is 2.43. The van der Waals surface area contributed by atoms with Gasteiger partial charge in [-0.15, -0.1) is 0 Å². The molecule has 4 nitrogen and oxygen atoms in total. The van der Waals surface area contributed by atoms with Crippen molar-refractivity contribution in [2.24, 2.45) is 0 Å². The first-order chi connectivity index (χ1) is 4.57. The van der Waals surface area contributed by atoms with E-state index in [2.05, 4.69) is 5.32 Å². The van der Waals surface area contributed by atoms with Gasteiger partial charge in [-0.05, 0) is 6.92 Å². The van der Waals surface area contributed by atoms with Crippen molar-refractivity contribution in [1.29, 1.82) is 0 Å². The van der Waals surface area contributed by atoms with Crippen LogP contribution in [0.1, 0.15) is 20.3 Å². The van der Waals surface area contributed by atoms with Crippen LogP contribution in [-0.2, 0) is 14.3 Å². The molecule has 1 aliphatic heterocycles. The van der Waals surface area contributed by atoms with Crippen molar-refractivity contribution in [3.8, 4) is 0 Å². The summed E-state index contributed by atoms with van der Waals surface area (Å²) in [6.45, 7) is 3.49. The Morgan fingerprint density at radius 3 is 2.40 bits per heavy atom. The second kappa shape index (κ2) is 1.97. The highest BCUT2D eigenvalue weighted by molar-refractivity contribution is 6.34. The van der Waals surface area contributed by atoms with E-state index in [9.17, 15) is 9.59 Å². The third-order valence-electron chi connectivity index (χ3n) is 1.56. The van der Waals surface area contributed by atoms with Crippen molar-refractivity contribution < 1.29 is 14.3 Å². The third kappa shape index (κ3) is 0.964. The lowest BCUT2D eigenvalue weighted by Crippen LogP contribution is -2.38. The molecule has 1 heterocycles. The standard InChI is InChI=1S/C6H9NO3/c1-3-6(2)7-4(8)5(9)10-6/h3H2,1-2H3,(H,7,8). The molecule has 0 aliphatic carbocycles. The predicted molar refractivity (Wildman–Crippen MR) is 32.9 cm³/mol. The molecule has 0 bridgehead atoms. The van der Waals surface area contributed by atoms with Gasteiger partial charge < -0.3 is 10.1 Å². The Kier molecular flexibility index (Phi) is 1.39. The lowest BCUT2D eigenvalue weighted by Gasteiger charge is -2.18. The second-order valence-corrected chi connectivity index (χ2v) is 2.43. The highest BCUT2D eigenvalue weighted by Crippen LogP contribution is 2.16. The number of nitrogens with one attached hydrogen (secondary N) is 1. The van der Waals surface area contributed by atoms with Gasteiger partial charge in [0.15, 0.2) is 5.72 Å². The Bertz CT molecular complexity index is 171. The molecule has 0 aromatic carbocycles. The zero-order chi connectivity index (χ0) is 7.78. The van der Waals surface area contributed by atoms with E-state index in [1.54, 1.807) is 6.92 Å². The number of amides is 1. The summed E-state index contributed by atoms with van der Waals surface area (Å²) in [7, 11) is 0. The number of hydrogen-bond donors (Lipinski definition) is 1. The number of ether oxygens (including phenoxy) is 1. The predicted octanol–water partition coefficient (Wildman–Crippen LogP) is -0.214. The van der Waals surface area contributed by atoms with Crippen molar-refractivity contribution in [3.63, 3.8) is 0 Å². The molecule has 0 saturated carbocycles. The number of carbonyl (C=O) groups excluding carboxylic acids is 2. The molecular weight excluding hydrogens is 134 g/mol. The van der Waals surface area contributed by atoms with Crippen LogP contribution in [0.2, 0.25) is 0 Å². The summed E-state index contributed by atoms with van der Waals surface area (Å²) in [6.07, 6.45) is 0.588. The van der Waals surface area contributed by atoms with Gasteiger partial charge >= 0.3 is 11.9 Å². The van der Waals surface area contributed by atoms with E-state index >= 15 is 0 Å². The molecule has 4 heteroatoms. The van der Waals surface area contributed by atoms with Crippen molar-refractivity contribution in [3.05, 3.63) is 0 Å². The van der Waals surface area contributed by atoms with Gasteiger partial charge in [-0.25, -0.2) is 4.79 Å². The fourth-order valence-corrected chi connectivity index (χ4v) is 0.728. The maximum atomic E-state index is 10.6. The molecule has 1 aliphatic rings. The first-order valence-corrected chi connectivity index (χ1v) is 3.13. The molecule has 1 fully saturated rings. The van der Waals surface area contributed by atoms with Gasteiger partial charge in [0.25, 0.3) is 0 Å². The van der Waals surface area contributed by atoms with Gasteiger partial charge in [0.1, 0.15) is 0 Å². The summed E-state index contributed by atoms with van der Waals surface area (Å²) in [4.78, 5) is 21.1. The molecule has 0 spiro atoms. The highest BCUT2D eigenvalue weighted by Gasteiger charge is 2.39. The Labute approximate surface area is 58.5 Å². The van der Waals surface area contributed by atoms with Crippen molar-refractivity contribution >= 4 is 11.9 Å². The van der Waals surface area contributed by atoms with Gasteiger partial charge in [-0.1, -0.05) is 6.92 Å². The lowest BCUT2D eigenvalue weighted by molar-refractivity contribution is -0.152. The van der Waals surface area contributed by atoms with E-state index in [0.717, 1.165) is 0 Å². The van der Waals surface area contributed by atoms with Crippen LogP contribution in [0.15, 0.2) is 0 Å². The van der Waals surface area contributed by atoms with Gasteiger partial charge in [0, 0.05) is 6.42 Å². The van der Waals surface area contributed by atoms with Crippen LogP contribution in [-0.4, -0.2) is 17.6 Å². The first kappa shape index (κ1) is 7.05. The zero-order valence-corrected chi connectivity index (χ0v) is 5.93. The van der Waals surface area contributed by atoms with Gasteiger partial charge in [-0.2, -0.15) is 0 Å². The molecule has 1 rings (SSSR count). The van der Waals surface area contributed by atoms with E-state index in [1.165, 1.54) is 0 Å². The maximum Gasteiger partial charge on any atom is 0.399 e. The molecule has 0 aromatic rings. The molecule has 56 valence electrons. The van der Waals surface area contributed by atoms with Gasteiger partial charge in [0.05, 0.1) is 0 Å². The average Bonchev–Trinajstić information content (AvgIpc) is 2.10. The molecule has 1 unspecified atom stereocenters. The summed E-state index contributed by atoms with van der Waals surface area (Å²) < 4.78 is 4.71. The fraction of sp³-hybridized carbons (Fsp3) is 0.667. The summed E-state index contributed by atoms with van der Waals surface area (Å²) >= 11 is 0. The summed E-state index contributed by atoms with van der Waals surface area (Å²) in [6, 6.07) is 0. The molecule has 1 saturated heterocycles. The normalized spacial score (nSPS) is 31.8. The monoisotopic (exact) mass is 143 g/mol. The fourth-order valence-electron chi connectivity index (χ4n) is 0.728. The van der Waals surface area contributed by atoms with Crippen LogP contribution in [0.25, 0.3) is 0 Å². The Hall–Kier alpha value is -1.06. The highest BCUT2D eigenvalue weighted by atomic mass is 16.6. The summed E-state index contributed by atoms with van der Waals surface area (Å²) in [5, 5.41) is 2.42. The number of hydrogen-bond acceptors (Lipinski definition) is 3. The van der Waals surface area contributed by atoms with Crippen molar-refractivity contribution in [2.45, 2.75) is 26.0 Å². The largest absolute Gasteiger partial charge is 0.432 e. The minimum Gasteiger partial charge on any atom is -0.432 e. The van der Waals surface area contributed by atoms with Crippen LogP contribution in [0, 0.1) is 0 Å². The van der Waals surface area contributed by atoms with Crippen molar-refractivity contribution in [1.82, 2.24) is 5.32 Å². The molecule has 10 heavy (non-hydrogen) atoms. The molecule has 1 atom stereocenters. The van der Waals surface area contributed by atoms with Crippen LogP contribution in [0.3, 0.4) is 0 Å². The van der Waals surface area contributed by atoms with Gasteiger partial charge in [0.2, 0.25) is 0 Å².